The van der Waals surface area contributed by atoms with Crippen LogP contribution < -0.4 is 10.1 Å². The summed E-state index contributed by atoms with van der Waals surface area (Å²) in [6.45, 7) is 3.16. The molecule has 6 nitrogen and oxygen atoms in total. The Morgan fingerprint density at radius 1 is 1.24 bits per heavy atom. The van der Waals surface area contributed by atoms with Crippen molar-refractivity contribution in [3.8, 4) is 5.75 Å². The second kappa shape index (κ2) is 9.61. The van der Waals surface area contributed by atoms with Crippen molar-refractivity contribution in [3.63, 3.8) is 0 Å². The number of nitrogens with zero attached hydrogens (tertiary/aromatic N) is 2. The minimum Gasteiger partial charge on any atom is -0.490 e. The summed E-state index contributed by atoms with van der Waals surface area (Å²) >= 11 is 0. The molecular formula is C19H29N3O3. The van der Waals surface area contributed by atoms with E-state index in [1.54, 1.807) is 12.4 Å². The van der Waals surface area contributed by atoms with Gasteiger partial charge < -0.3 is 19.7 Å². The van der Waals surface area contributed by atoms with Gasteiger partial charge in [-0.3, -0.25) is 4.98 Å². The zero-order valence-electron chi connectivity index (χ0n) is 14.9. The topological polar surface area (TPSA) is 63.7 Å². The maximum atomic E-state index is 12.2. The highest BCUT2D eigenvalue weighted by Gasteiger charge is 2.23. The average molecular weight is 347 g/mol. The fourth-order valence-corrected chi connectivity index (χ4v) is 3.46. The number of carbonyl (C=O) groups is 1. The standard InChI is InChI=1S/C19H29N3O3/c23-19(21-10-2-1-4-16-5-3-15-24-16)22-13-8-18(9-14-22)25-17-6-11-20-12-7-17/h6-7,11-12,16,18H,1-5,8-10,13-15H2,(H,21,23)/t16-/m1/s1. The third kappa shape index (κ3) is 5.88. The summed E-state index contributed by atoms with van der Waals surface area (Å²) in [6, 6.07) is 3.80. The summed E-state index contributed by atoms with van der Waals surface area (Å²) in [6.07, 6.45) is 11.5. The number of amides is 2. The lowest BCUT2D eigenvalue weighted by atomic mass is 10.1. The van der Waals surface area contributed by atoms with Crippen molar-refractivity contribution in [1.29, 1.82) is 0 Å². The van der Waals surface area contributed by atoms with Gasteiger partial charge in [0.1, 0.15) is 11.9 Å². The number of unbranched alkanes of at least 4 members (excludes halogenated alkanes) is 1. The minimum absolute atomic E-state index is 0.0551. The van der Waals surface area contributed by atoms with E-state index >= 15 is 0 Å². The second-order valence-corrected chi connectivity index (χ2v) is 6.85. The lowest BCUT2D eigenvalue weighted by molar-refractivity contribution is 0.102. The highest BCUT2D eigenvalue weighted by molar-refractivity contribution is 5.74. The first kappa shape index (κ1) is 18.0. The molecule has 1 aromatic heterocycles. The lowest BCUT2D eigenvalue weighted by Crippen LogP contribution is -2.46. The van der Waals surface area contributed by atoms with Crippen molar-refractivity contribution in [2.45, 2.75) is 57.2 Å². The molecular weight excluding hydrogens is 318 g/mol. The molecule has 1 atom stereocenters. The first-order chi connectivity index (χ1) is 12.3. The first-order valence-corrected chi connectivity index (χ1v) is 9.52. The van der Waals surface area contributed by atoms with Crippen LogP contribution in [0.5, 0.6) is 5.75 Å². The van der Waals surface area contributed by atoms with Crippen molar-refractivity contribution in [2.24, 2.45) is 0 Å². The van der Waals surface area contributed by atoms with Crippen molar-refractivity contribution in [1.82, 2.24) is 15.2 Å². The zero-order chi connectivity index (χ0) is 17.3. The number of piperidine rings is 1. The van der Waals surface area contributed by atoms with E-state index in [-0.39, 0.29) is 12.1 Å². The maximum Gasteiger partial charge on any atom is 0.317 e. The van der Waals surface area contributed by atoms with Gasteiger partial charge in [-0.15, -0.1) is 0 Å². The average Bonchev–Trinajstić information content (AvgIpc) is 3.16. The summed E-state index contributed by atoms with van der Waals surface area (Å²) in [4.78, 5) is 18.1. The normalized spacial score (nSPS) is 21.3. The summed E-state index contributed by atoms with van der Waals surface area (Å²) in [7, 11) is 0. The molecule has 0 aromatic carbocycles. The largest absolute Gasteiger partial charge is 0.490 e. The van der Waals surface area contributed by atoms with Crippen molar-refractivity contribution < 1.29 is 14.3 Å². The molecule has 2 amide bonds. The molecule has 0 radical (unpaired) electrons. The molecule has 0 saturated carbocycles. The molecule has 1 N–H and O–H groups in total. The van der Waals surface area contributed by atoms with Gasteiger partial charge >= 0.3 is 6.03 Å². The van der Waals surface area contributed by atoms with Gasteiger partial charge in [0, 0.05) is 51.5 Å². The molecule has 6 heteroatoms. The van der Waals surface area contributed by atoms with Gasteiger partial charge in [-0.05, 0) is 44.2 Å². The molecule has 3 rings (SSSR count). The van der Waals surface area contributed by atoms with E-state index in [1.165, 1.54) is 12.8 Å². The van der Waals surface area contributed by atoms with Gasteiger partial charge in [-0.1, -0.05) is 0 Å². The fourth-order valence-electron chi connectivity index (χ4n) is 3.46. The molecule has 2 aliphatic heterocycles. The molecule has 138 valence electrons. The number of nitrogens with one attached hydrogen (secondary N) is 1. The first-order valence-electron chi connectivity index (χ1n) is 9.52. The third-order valence-electron chi connectivity index (χ3n) is 4.93. The molecule has 3 heterocycles. The highest BCUT2D eigenvalue weighted by atomic mass is 16.5. The Balaban J connectivity index is 1.26. The summed E-state index contributed by atoms with van der Waals surface area (Å²) in [5.41, 5.74) is 0. The Morgan fingerprint density at radius 2 is 2.04 bits per heavy atom. The third-order valence-corrected chi connectivity index (χ3v) is 4.93. The van der Waals surface area contributed by atoms with E-state index in [1.807, 2.05) is 17.0 Å². The zero-order valence-corrected chi connectivity index (χ0v) is 14.9. The Labute approximate surface area is 149 Å². The van der Waals surface area contributed by atoms with E-state index in [0.29, 0.717) is 6.10 Å². The Kier molecular flexibility index (Phi) is 6.91. The SMILES string of the molecule is O=C(NCCCC[C@@H]1CCCO1)N1CCC(Oc2ccncc2)CC1. The summed E-state index contributed by atoms with van der Waals surface area (Å²) in [5, 5.41) is 3.04. The highest BCUT2D eigenvalue weighted by Crippen LogP contribution is 2.19. The molecule has 0 aliphatic carbocycles. The van der Waals surface area contributed by atoms with Gasteiger partial charge in [-0.2, -0.15) is 0 Å². The number of pyridine rings is 1. The predicted octanol–water partition coefficient (Wildman–Crippen LogP) is 2.98. The predicted molar refractivity (Wildman–Crippen MR) is 95.7 cm³/mol. The van der Waals surface area contributed by atoms with E-state index < -0.39 is 0 Å². The van der Waals surface area contributed by atoms with Crippen LogP contribution in [0, 0.1) is 0 Å². The smallest absolute Gasteiger partial charge is 0.317 e. The van der Waals surface area contributed by atoms with Crippen LogP contribution in [0.15, 0.2) is 24.5 Å². The summed E-state index contributed by atoms with van der Waals surface area (Å²) in [5.74, 6) is 0.851. The quantitative estimate of drug-likeness (QED) is 0.770. The molecule has 0 unspecified atom stereocenters. The number of carbonyl (C=O) groups excluding carboxylic acids is 1. The van der Waals surface area contributed by atoms with Crippen LogP contribution in [0.3, 0.4) is 0 Å². The molecule has 1 aromatic rings. The van der Waals surface area contributed by atoms with Crippen LogP contribution in [-0.4, -0.2) is 54.4 Å². The van der Waals surface area contributed by atoms with Gasteiger partial charge in [0.2, 0.25) is 0 Å². The number of aromatic nitrogens is 1. The molecule has 2 saturated heterocycles. The van der Waals surface area contributed by atoms with Crippen LogP contribution in [0.1, 0.15) is 44.9 Å². The number of rotatable bonds is 7. The van der Waals surface area contributed by atoms with Crippen LogP contribution in [-0.2, 0) is 4.74 Å². The molecule has 25 heavy (non-hydrogen) atoms. The second-order valence-electron chi connectivity index (χ2n) is 6.85. The van der Waals surface area contributed by atoms with Crippen molar-refractivity contribution >= 4 is 6.03 Å². The van der Waals surface area contributed by atoms with Gasteiger partial charge in [0.25, 0.3) is 0 Å². The van der Waals surface area contributed by atoms with E-state index in [2.05, 4.69) is 10.3 Å². The van der Waals surface area contributed by atoms with E-state index in [9.17, 15) is 4.79 Å². The fraction of sp³-hybridized carbons (Fsp3) is 0.684. The molecule has 0 bridgehead atoms. The van der Waals surface area contributed by atoms with Crippen LogP contribution in [0.2, 0.25) is 0 Å². The van der Waals surface area contributed by atoms with Crippen LogP contribution >= 0.6 is 0 Å². The minimum atomic E-state index is 0.0551. The Hall–Kier alpha value is -1.82. The van der Waals surface area contributed by atoms with Crippen LogP contribution in [0.25, 0.3) is 0 Å². The van der Waals surface area contributed by atoms with Crippen LogP contribution in [0.4, 0.5) is 4.79 Å². The van der Waals surface area contributed by atoms with Crippen molar-refractivity contribution in [2.75, 3.05) is 26.2 Å². The summed E-state index contributed by atoms with van der Waals surface area (Å²) < 4.78 is 11.6. The van der Waals surface area contributed by atoms with Gasteiger partial charge in [-0.25, -0.2) is 4.79 Å². The molecule has 2 fully saturated rings. The molecule has 2 aliphatic rings. The molecule has 0 spiro atoms. The van der Waals surface area contributed by atoms with Gasteiger partial charge in [0.05, 0.1) is 6.10 Å². The van der Waals surface area contributed by atoms with E-state index in [0.717, 1.165) is 64.1 Å². The van der Waals surface area contributed by atoms with Crippen molar-refractivity contribution in [3.05, 3.63) is 24.5 Å². The van der Waals surface area contributed by atoms with Gasteiger partial charge in [0.15, 0.2) is 0 Å². The number of ether oxygens (including phenoxy) is 2. The lowest BCUT2D eigenvalue weighted by Gasteiger charge is -2.32. The Morgan fingerprint density at radius 3 is 2.76 bits per heavy atom. The number of hydrogen-bond acceptors (Lipinski definition) is 4. The number of hydrogen-bond donors (Lipinski definition) is 1. The number of likely N-dealkylation sites (tertiary alicyclic amines) is 1. The number of urea groups is 1. The monoisotopic (exact) mass is 347 g/mol. The van der Waals surface area contributed by atoms with E-state index in [4.69, 9.17) is 9.47 Å². The Bertz CT molecular complexity index is 512. The maximum absolute atomic E-state index is 12.2.